The van der Waals surface area contributed by atoms with Gasteiger partial charge in [0, 0.05) is 5.69 Å². The number of nitrogen functional groups attached to an aromatic ring is 1. The van der Waals surface area contributed by atoms with Crippen molar-refractivity contribution < 1.29 is 9.53 Å². The lowest BCUT2D eigenvalue weighted by atomic mass is 10.1. The first kappa shape index (κ1) is 15.5. The predicted octanol–water partition coefficient (Wildman–Crippen LogP) is 3.54. The Labute approximate surface area is 119 Å². The van der Waals surface area contributed by atoms with E-state index in [1.807, 2.05) is 30.3 Å². The highest BCUT2D eigenvalue weighted by Crippen LogP contribution is 2.16. The van der Waals surface area contributed by atoms with Gasteiger partial charge in [0.15, 0.2) is 0 Å². The third-order valence-electron chi connectivity index (χ3n) is 2.59. The Morgan fingerprint density at radius 3 is 2.30 bits per heavy atom. The van der Waals surface area contributed by atoms with Gasteiger partial charge in [-0.15, -0.1) is 0 Å². The van der Waals surface area contributed by atoms with Crippen LogP contribution >= 0.6 is 0 Å². The molecular formula is C17H19NO2. The minimum atomic E-state index is 0.375. The molecule has 3 nitrogen and oxygen atoms in total. The number of hydrogen-bond donors (Lipinski definition) is 1. The van der Waals surface area contributed by atoms with Crippen molar-refractivity contribution in [3.8, 4) is 0 Å². The number of carbonyl (C=O) groups excluding carboxylic acids is 1. The van der Waals surface area contributed by atoms with Crippen LogP contribution in [0.15, 0.2) is 48.5 Å². The fourth-order valence-electron chi connectivity index (χ4n) is 1.59. The van der Waals surface area contributed by atoms with Crippen molar-refractivity contribution >= 4 is 24.3 Å². The molecule has 0 fully saturated rings. The van der Waals surface area contributed by atoms with Crippen molar-refractivity contribution in [2.24, 2.45) is 0 Å². The van der Waals surface area contributed by atoms with Crippen LogP contribution in [0.3, 0.4) is 0 Å². The summed E-state index contributed by atoms with van der Waals surface area (Å²) >= 11 is 0. The average molecular weight is 269 g/mol. The molecule has 0 radical (unpaired) electrons. The monoisotopic (exact) mass is 269 g/mol. The molecule has 3 heteroatoms. The predicted molar refractivity (Wildman–Crippen MR) is 84.0 cm³/mol. The van der Waals surface area contributed by atoms with Crippen molar-refractivity contribution in [1.82, 2.24) is 0 Å². The Kier molecular flexibility index (Phi) is 6.62. The molecule has 0 aromatic heterocycles. The third kappa shape index (κ3) is 5.40. The number of nitrogens with two attached hydrogens (primary N) is 1. The first-order chi connectivity index (χ1) is 9.67. The average Bonchev–Trinajstić information content (AvgIpc) is 2.49. The number of ether oxygens (including phenoxy) is 1. The number of hydrogen-bond acceptors (Lipinski definition) is 3. The fourth-order valence-corrected chi connectivity index (χ4v) is 1.59. The van der Waals surface area contributed by atoms with Crippen LogP contribution in [-0.4, -0.2) is 13.6 Å². The number of anilines is 1. The van der Waals surface area contributed by atoms with E-state index < -0.39 is 0 Å². The first-order valence-corrected chi connectivity index (χ1v) is 6.23. The van der Waals surface area contributed by atoms with Gasteiger partial charge in [-0.3, -0.25) is 4.79 Å². The zero-order valence-electron chi connectivity index (χ0n) is 11.7. The van der Waals surface area contributed by atoms with Gasteiger partial charge in [0.1, 0.15) is 0 Å². The maximum atomic E-state index is 8.95. The van der Waals surface area contributed by atoms with Gasteiger partial charge in [-0.05, 0) is 30.2 Å². The quantitative estimate of drug-likeness (QED) is 0.527. The molecule has 104 valence electrons. The Bertz CT molecular complexity index is 562. The molecule has 2 rings (SSSR count). The summed E-state index contributed by atoms with van der Waals surface area (Å²) in [6.07, 6.45) is 4.13. The fraction of sp³-hybridized carbons (Fsp3) is 0.118. The number of aryl methyl sites for hydroxylation is 1. The van der Waals surface area contributed by atoms with Crippen molar-refractivity contribution in [3.05, 3.63) is 65.2 Å². The summed E-state index contributed by atoms with van der Waals surface area (Å²) in [5.41, 5.74) is 10.2. The summed E-state index contributed by atoms with van der Waals surface area (Å²) < 4.78 is 3.86. The topological polar surface area (TPSA) is 52.3 Å². The molecule has 2 N–H and O–H groups in total. The molecule has 0 aliphatic rings. The van der Waals surface area contributed by atoms with Crippen LogP contribution in [0.5, 0.6) is 0 Å². The molecule has 0 aliphatic heterocycles. The third-order valence-corrected chi connectivity index (χ3v) is 2.59. The molecule has 0 atom stereocenters. The summed E-state index contributed by atoms with van der Waals surface area (Å²) in [5.74, 6) is 0. The van der Waals surface area contributed by atoms with Crippen LogP contribution in [0.2, 0.25) is 0 Å². The summed E-state index contributed by atoms with van der Waals surface area (Å²) in [6.45, 7) is 2.44. The zero-order valence-corrected chi connectivity index (χ0v) is 11.7. The Hall–Kier alpha value is -2.55. The van der Waals surface area contributed by atoms with Crippen molar-refractivity contribution in [2.45, 2.75) is 6.92 Å². The van der Waals surface area contributed by atoms with E-state index in [-0.39, 0.29) is 0 Å². The second-order valence-corrected chi connectivity index (χ2v) is 4.21. The van der Waals surface area contributed by atoms with Gasteiger partial charge in [-0.2, -0.15) is 0 Å². The van der Waals surface area contributed by atoms with E-state index in [1.165, 1.54) is 18.2 Å². The van der Waals surface area contributed by atoms with E-state index in [1.54, 1.807) is 0 Å². The number of methoxy groups -OCH3 is 1. The highest BCUT2D eigenvalue weighted by atomic mass is 16.5. The van der Waals surface area contributed by atoms with Crippen LogP contribution in [0.25, 0.3) is 12.2 Å². The van der Waals surface area contributed by atoms with Gasteiger partial charge in [-0.25, -0.2) is 0 Å². The van der Waals surface area contributed by atoms with Crippen molar-refractivity contribution in [1.29, 1.82) is 0 Å². The van der Waals surface area contributed by atoms with Gasteiger partial charge in [0.25, 0.3) is 6.47 Å². The van der Waals surface area contributed by atoms with Crippen LogP contribution in [0.4, 0.5) is 5.69 Å². The standard InChI is InChI=1S/C15H15N.C2H4O2/c1-12-7-10-15(16)14(11-12)9-8-13-5-3-2-4-6-13;1-4-2-3/h2-11H,16H2,1H3;2H,1H3. The van der Waals surface area contributed by atoms with Crippen LogP contribution < -0.4 is 5.73 Å². The molecule has 0 unspecified atom stereocenters. The number of carbonyl (C=O) groups is 1. The van der Waals surface area contributed by atoms with Gasteiger partial charge < -0.3 is 10.5 Å². The van der Waals surface area contributed by atoms with E-state index in [9.17, 15) is 0 Å². The normalized spacial score (nSPS) is 9.70. The smallest absolute Gasteiger partial charge is 0.292 e. The molecule has 0 bridgehead atoms. The molecule has 0 aliphatic carbocycles. The maximum absolute atomic E-state index is 8.95. The van der Waals surface area contributed by atoms with E-state index in [0.717, 1.165) is 11.3 Å². The molecule has 2 aromatic carbocycles. The second kappa shape index (κ2) is 8.53. The zero-order chi connectivity index (χ0) is 14.8. The largest absolute Gasteiger partial charge is 0.471 e. The first-order valence-electron chi connectivity index (χ1n) is 6.23. The lowest BCUT2D eigenvalue weighted by Crippen LogP contribution is -1.89. The minimum absolute atomic E-state index is 0.375. The maximum Gasteiger partial charge on any atom is 0.292 e. The van der Waals surface area contributed by atoms with Crippen LogP contribution in [0, 0.1) is 6.92 Å². The van der Waals surface area contributed by atoms with E-state index in [4.69, 9.17) is 10.5 Å². The van der Waals surface area contributed by atoms with Crippen LogP contribution in [0.1, 0.15) is 16.7 Å². The molecule has 0 heterocycles. The molecule has 0 saturated heterocycles. The Morgan fingerprint density at radius 1 is 1.05 bits per heavy atom. The van der Waals surface area contributed by atoms with Crippen LogP contribution in [-0.2, 0) is 9.53 Å². The minimum Gasteiger partial charge on any atom is -0.471 e. The molecule has 0 amide bonds. The lowest BCUT2D eigenvalue weighted by molar-refractivity contribution is -0.126. The van der Waals surface area contributed by atoms with Gasteiger partial charge in [0.2, 0.25) is 0 Å². The Morgan fingerprint density at radius 2 is 1.70 bits per heavy atom. The summed E-state index contributed by atoms with van der Waals surface area (Å²) in [5, 5.41) is 0. The van der Waals surface area contributed by atoms with E-state index >= 15 is 0 Å². The highest BCUT2D eigenvalue weighted by molar-refractivity contribution is 5.75. The molecule has 2 aromatic rings. The number of rotatable bonds is 3. The van der Waals surface area contributed by atoms with Gasteiger partial charge in [0.05, 0.1) is 7.11 Å². The molecular weight excluding hydrogens is 250 g/mol. The van der Waals surface area contributed by atoms with Crippen molar-refractivity contribution in [2.75, 3.05) is 12.8 Å². The SMILES string of the molecule is COC=O.Cc1ccc(N)c(C=Cc2ccccc2)c1. The summed E-state index contributed by atoms with van der Waals surface area (Å²) in [4.78, 5) is 8.95. The second-order valence-electron chi connectivity index (χ2n) is 4.21. The molecule has 20 heavy (non-hydrogen) atoms. The van der Waals surface area contributed by atoms with E-state index in [2.05, 4.69) is 42.0 Å². The Balaban J connectivity index is 0.000000444. The van der Waals surface area contributed by atoms with Gasteiger partial charge in [-0.1, -0.05) is 54.1 Å². The summed E-state index contributed by atoms with van der Waals surface area (Å²) in [6, 6.07) is 16.3. The van der Waals surface area contributed by atoms with Gasteiger partial charge >= 0.3 is 0 Å². The number of benzene rings is 2. The summed E-state index contributed by atoms with van der Waals surface area (Å²) in [7, 11) is 1.31. The van der Waals surface area contributed by atoms with Crippen molar-refractivity contribution in [3.63, 3.8) is 0 Å². The highest BCUT2D eigenvalue weighted by Gasteiger charge is 1.94. The molecule has 0 saturated carbocycles. The van der Waals surface area contributed by atoms with E-state index in [0.29, 0.717) is 6.47 Å². The lowest BCUT2D eigenvalue weighted by Gasteiger charge is -2.01. The molecule has 0 spiro atoms.